The molecule has 28 heavy (non-hydrogen) atoms. The van der Waals surface area contributed by atoms with Gasteiger partial charge in [-0.1, -0.05) is 6.07 Å². The summed E-state index contributed by atoms with van der Waals surface area (Å²) >= 11 is 0. The van der Waals surface area contributed by atoms with Crippen molar-refractivity contribution in [2.45, 2.75) is 51.4 Å². The Morgan fingerprint density at radius 3 is 2.36 bits per heavy atom. The minimum atomic E-state index is -0.929. The van der Waals surface area contributed by atoms with Gasteiger partial charge < -0.3 is 5.32 Å². The summed E-state index contributed by atoms with van der Waals surface area (Å²) in [5.41, 5.74) is 1.62. The Morgan fingerprint density at radius 2 is 1.68 bits per heavy atom. The highest BCUT2D eigenvalue weighted by Gasteiger charge is 2.44. The standard InChI is InChI=1S/C20H24N4O4/c1-11-8-21-9-12(2)23(11)10-13-3-4-14-15(7-13)20(28)24(19(14)27)16-5-6-17(25)22-18(16)26/h3-4,7,11-12,16,21H,5-6,8-10H2,1-2H3,(H,22,25,26). The van der Waals surface area contributed by atoms with Gasteiger partial charge in [0.15, 0.2) is 0 Å². The molecule has 4 amide bonds. The third-order valence-corrected chi connectivity index (χ3v) is 5.88. The molecule has 8 heteroatoms. The van der Waals surface area contributed by atoms with Gasteiger partial charge in [-0.15, -0.1) is 0 Å². The van der Waals surface area contributed by atoms with E-state index in [1.165, 1.54) is 0 Å². The summed E-state index contributed by atoms with van der Waals surface area (Å²) in [4.78, 5) is 52.6. The summed E-state index contributed by atoms with van der Waals surface area (Å²) in [5.74, 6) is -1.89. The molecule has 148 valence electrons. The molecule has 3 heterocycles. The lowest BCUT2D eigenvalue weighted by Crippen LogP contribution is -2.54. The number of nitrogens with one attached hydrogen (secondary N) is 2. The normalized spacial score (nSPS) is 28.5. The number of carbonyl (C=O) groups excluding carboxylic acids is 4. The van der Waals surface area contributed by atoms with E-state index < -0.39 is 23.8 Å². The maximum atomic E-state index is 12.9. The van der Waals surface area contributed by atoms with Crippen molar-refractivity contribution in [3.63, 3.8) is 0 Å². The quantitative estimate of drug-likeness (QED) is 0.726. The molecule has 3 atom stereocenters. The van der Waals surface area contributed by atoms with Gasteiger partial charge in [0.1, 0.15) is 6.04 Å². The van der Waals surface area contributed by atoms with Gasteiger partial charge in [-0.2, -0.15) is 0 Å². The highest BCUT2D eigenvalue weighted by Crippen LogP contribution is 2.29. The predicted octanol–water partition coefficient (Wildman–Crippen LogP) is 0.270. The van der Waals surface area contributed by atoms with Crippen LogP contribution in [-0.2, 0) is 16.1 Å². The number of imide groups is 2. The van der Waals surface area contributed by atoms with Crippen LogP contribution in [0, 0.1) is 0 Å². The molecule has 1 aromatic carbocycles. The molecule has 0 bridgehead atoms. The number of hydrogen-bond acceptors (Lipinski definition) is 6. The molecule has 4 rings (SSSR count). The van der Waals surface area contributed by atoms with Crippen LogP contribution in [0.5, 0.6) is 0 Å². The van der Waals surface area contributed by atoms with Gasteiger partial charge in [0.2, 0.25) is 11.8 Å². The molecule has 2 fully saturated rings. The van der Waals surface area contributed by atoms with Crippen LogP contribution in [-0.4, -0.2) is 64.6 Å². The van der Waals surface area contributed by atoms with E-state index in [4.69, 9.17) is 0 Å². The Bertz CT molecular complexity index is 858. The summed E-state index contributed by atoms with van der Waals surface area (Å²) < 4.78 is 0. The summed E-state index contributed by atoms with van der Waals surface area (Å²) in [5, 5.41) is 5.61. The summed E-state index contributed by atoms with van der Waals surface area (Å²) in [6.45, 7) is 6.84. The van der Waals surface area contributed by atoms with E-state index in [2.05, 4.69) is 29.4 Å². The van der Waals surface area contributed by atoms with E-state index in [9.17, 15) is 19.2 Å². The van der Waals surface area contributed by atoms with Gasteiger partial charge in [0, 0.05) is 38.1 Å². The number of fused-ring (bicyclic) bond motifs is 1. The number of nitrogens with zero attached hydrogens (tertiary/aromatic N) is 2. The van der Waals surface area contributed by atoms with Crippen molar-refractivity contribution in [2.75, 3.05) is 13.1 Å². The maximum Gasteiger partial charge on any atom is 0.262 e. The zero-order valence-electron chi connectivity index (χ0n) is 16.0. The average molecular weight is 384 g/mol. The van der Waals surface area contributed by atoms with Crippen molar-refractivity contribution in [1.82, 2.24) is 20.4 Å². The highest BCUT2D eigenvalue weighted by molar-refractivity contribution is 6.23. The monoisotopic (exact) mass is 384 g/mol. The highest BCUT2D eigenvalue weighted by atomic mass is 16.2. The molecule has 2 saturated heterocycles. The molecule has 0 aromatic heterocycles. The van der Waals surface area contributed by atoms with Crippen molar-refractivity contribution in [1.29, 1.82) is 0 Å². The van der Waals surface area contributed by atoms with Crippen molar-refractivity contribution in [3.05, 3.63) is 34.9 Å². The molecule has 8 nitrogen and oxygen atoms in total. The zero-order chi connectivity index (χ0) is 20.0. The number of rotatable bonds is 3. The molecular formula is C20H24N4O4. The lowest BCUT2D eigenvalue weighted by Gasteiger charge is -2.39. The van der Waals surface area contributed by atoms with Crippen LogP contribution in [0.3, 0.4) is 0 Å². The number of benzene rings is 1. The fraction of sp³-hybridized carbons (Fsp3) is 0.500. The molecule has 1 aromatic rings. The molecule has 0 radical (unpaired) electrons. The van der Waals surface area contributed by atoms with Gasteiger partial charge in [0.05, 0.1) is 11.1 Å². The van der Waals surface area contributed by atoms with Crippen LogP contribution >= 0.6 is 0 Å². The van der Waals surface area contributed by atoms with Crippen molar-refractivity contribution in [3.8, 4) is 0 Å². The minimum Gasteiger partial charge on any atom is -0.314 e. The van der Waals surface area contributed by atoms with E-state index in [0.717, 1.165) is 23.6 Å². The number of piperidine rings is 1. The lowest BCUT2D eigenvalue weighted by atomic mass is 10.0. The maximum absolute atomic E-state index is 12.9. The first-order chi connectivity index (χ1) is 13.4. The molecule has 0 spiro atoms. The van der Waals surface area contributed by atoms with Crippen LogP contribution in [0.2, 0.25) is 0 Å². The Morgan fingerprint density at radius 1 is 1.00 bits per heavy atom. The Balaban J connectivity index is 1.57. The first kappa shape index (κ1) is 18.8. The van der Waals surface area contributed by atoms with Gasteiger partial charge in [-0.05, 0) is 38.0 Å². The SMILES string of the molecule is CC1CNCC(C)N1Cc1ccc2c(c1)C(=O)N(C1CCC(=O)NC1=O)C2=O. The molecular weight excluding hydrogens is 360 g/mol. The van der Waals surface area contributed by atoms with Gasteiger partial charge in [-0.3, -0.25) is 34.3 Å². The van der Waals surface area contributed by atoms with E-state index >= 15 is 0 Å². The van der Waals surface area contributed by atoms with E-state index in [-0.39, 0.29) is 18.7 Å². The topological polar surface area (TPSA) is 98.8 Å². The third-order valence-electron chi connectivity index (χ3n) is 5.88. The van der Waals surface area contributed by atoms with E-state index in [1.807, 2.05) is 6.07 Å². The number of amides is 4. The molecule has 3 aliphatic heterocycles. The predicted molar refractivity (Wildman–Crippen MR) is 100 cm³/mol. The van der Waals surface area contributed by atoms with Crippen molar-refractivity contribution in [2.24, 2.45) is 0 Å². The Hall–Kier alpha value is -2.58. The second kappa shape index (κ2) is 7.10. The molecule has 3 unspecified atom stereocenters. The molecule has 2 N–H and O–H groups in total. The summed E-state index contributed by atoms with van der Waals surface area (Å²) in [6.07, 6.45) is 0.284. The van der Waals surface area contributed by atoms with Crippen molar-refractivity contribution >= 4 is 23.6 Å². The van der Waals surface area contributed by atoms with Gasteiger partial charge >= 0.3 is 0 Å². The third kappa shape index (κ3) is 3.12. The zero-order valence-corrected chi connectivity index (χ0v) is 16.0. The molecule has 3 aliphatic rings. The number of carbonyl (C=O) groups is 4. The average Bonchev–Trinajstić information content (AvgIpc) is 2.89. The van der Waals surface area contributed by atoms with Crippen LogP contribution in [0.25, 0.3) is 0 Å². The van der Waals surface area contributed by atoms with E-state index in [0.29, 0.717) is 29.8 Å². The second-order valence-corrected chi connectivity index (χ2v) is 7.86. The smallest absolute Gasteiger partial charge is 0.262 e. The molecule has 0 aliphatic carbocycles. The summed E-state index contributed by atoms with van der Waals surface area (Å²) in [6, 6.07) is 5.13. The van der Waals surface area contributed by atoms with Crippen LogP contribution in [0.15, 0.2) is 18.2 Å². The number of hydrogen-bond donors (Lipinski definition) is 2. The molecule has 0 saturated carbocycles. The first-order valence-corrected chi connectivity index (χ1v) is 9.67. The van der Waals surface area contributed by atoms with Crippen LogP contribution in [0.4, 0.5) is 0 Å². The largest absolute Gasteiger partial charge is 0.314 e. The fourth-order valence-corrected chi connectivity index (χ4v) is 4.31. The lowest BCUT2D eigenvalue weighted by molar-refractivity contribution is -0.136. The second-order valence-electron chi connectivity index (χ2n) is 7.86. The van der Waals surface area contributed by atoms with E-state index in [1.54, 1.807) is 12.1 Å². The van der Waals surface area contributed by atoms with Crippen molar-refractivity contribution < 1.29 is 19.2 Å². The Kier molecular flexibility index (Phi) is 4.76. The Labute approximate surface area is 163 Å². The minimum absolute atomic E-state index is 0.119. The van der Waals surface area contributed by atoms with Gasteiger partial charge in [-0.25, -0.2) is 0 Å². The van der Waals surface area contributed by atoms with Crippen LogP contribution < -0.4 is 10.6 Å². The van der Waals surface area contributed by atoms with Gasteiger partial charge in [0.25, 0.3) is 11.8 Å². The first-order valence-electron chi connectivity index (χ1n) is 9.67. The number of piperazine rings is 1. The summed E-state index contributed by atoms with van der Waals surface area (Å²) in [7, 11) is 0. The fourth-order valence-electron chi connectivity index (χ4n) is 4.31. The van der Waals surface area contributed by atoms with Crippen LogP contribution in [0.1, 0.15) is 53.0 Å².